The summed E-state index contributed by atoms with van der Waals surface area (Å²) >= 11 is 4.79. The van der Waals surface area contributed by atoms with Crippen molar-refractivity contribution < 1.29 is 5.11 Å². The largest absolute Gasteiger partial charge is 0.508 e. The molecule has 0 unspecified atom stereocenters. The molecular formula is C10H13NOS. The van der Waals surface area contributed by atoms with Gasteiger partial charge in [0.15, 0.2) is 0 Å². The molecule has 0 bridgehead atoms. The van der Waals surface area contributed by atoms with Crippen LogP contribution in [0.25, 0.3) is 0 Å². The summed E-state index contributed by atoms with van der Waals surface area (Å²) in [6.45, 7) is 1.97. The first-order chi connectivity index (χ1) is 6.09. The van der Waals surface area contributed by atoms with Gasteiger partial charge in [-0.2, -0.15) is 0 Å². The fourth-order valence-electron chi connectivity index (χ4n) is 1.22. The Hall–Kier alpha value is -1.09. The highest BCUT2D eigenvalue weighted by atomic mass is 32.1. The van der Waals surface area contributed by atoms with E-state index in [0.717, 1.165) is 18.4 Å². The van der Waals surface area contributed by atoms with Crippen molar-refractivity contribution in [2.45, 2.75) is 19.8 Å². The minimum absolute atomic E-state index is 0.302. The van der Waals surface area contributed by atoms with Crippen molar-refractivity contribution in [2.75, 3.05) is 0 Å². The van der Waals surface area contributed by atoms with Gasteiger partial charge in [-0.25, -0.2) is 0 Å². The second-order valence-corrected chi connectivity index (χ2v) is 3.60. The molecule has 3 heteroatoms. The van der Waals surface area contributed by atoms with E-state index in [9.17, 15) is 0 Å². The van der Waals surface area contributed by atoms with Crippen LogP contribution < -0.4 is 5.73 Å². The molecule has 1 rings (SSSR count). The van der Waals surface area contributed by atoms with Crippen LogP contribution in [0.3, 0.4) is 0 Å². The quantitative estimate of drug-likeness (QED) is 0.724. The van der Waals surface area contributed by atoms with Crippen LogP contribution >= 0.6 is 12.2 Å². The number of aromatic hydroxyl groups is 1. The first kappa shape index (κ1) is 9.99. The Morgan fingerprint density at radius 2 is 2.23 bits per heavy atom. The number of phenols is 1. The maximum atomic E-state index is 9.16. The zero-order valence-electron chi connectivity index (χ0n) is 7.58. The van der Waals surface area contributed by atoms with Crippen LogP contribution in [0.5, 0.6) is 5.75 Å². The predicted molar refractivity (Wildman–Crippen MR) is 58.0 cm³/mol. The summed E-state index contributed by atoms with van der Waals surface area (Å²) in [5.74, 6) is 0.302. The average Bonchev–Trinajstić information content (AvgIpc) is 2.02. The Morgan fingerprint density at radius 3 is 2.77 bits per heavy atom. The highest BCUT2D eigenvalue weighted by Gasteiger charge is 1.99. The topological polar surface area (TPSA) is 46.2 Å². The normalized spacial score (nSPS) is 9.92. The Labute approximate surface area is 83.4 Å². The van der Waals surface area contributed by atoms with Crippen LogP contribution in [0.1, 0.15) is 17.5 Å². The third-order valence-corrected chi connectivity index (χ3v) is 2.17. The lowest BCUT2D eigenvalue weighted by molar-refractivity contribution is 0.474. The minimum atomic E-state index is 0.302. The molecule has 70 valence electrons. The molecule has 0 aliphatic rings. The summed E-state index contributed by atoms with van der Waals surface area (Å²) in [6.07, 6.45) is 1.57. The Bertz CT molecular complexity index is 323. The molecule has 0 saturated carbocycles. The first-order valence-electron chi connectivity index (χ1n) is 4.16. The molecule has 13 heavy (non-hydrogen) atoms. The Balaban J connectivity index is 2.72. The van der Waals surface area contributed by atoms with E-state index in [1.54, 1.807) is 12.1 Å². The van der Waals surface area contributed by atoms with Gasteiger partial charge in [0, 0.05) is 6.42 Å². The fourth-order valence-corrected chi connectivity index (χ4v) is 1.32. The molecule has 0 aliphatic carbocycles. The molecular weight excluding hydrogens is 182 g/mol. The van der Waals surface area contributed by atoms with Crippen molar-refractivity contribution in [1.82, 2.24) is 0 Å². The molecule has 0 atom stereocenters. The van der Waals surface area contributed by atoms with Crippen molar-refractivity contribution in [1.29, 1.82) is 0 Å². The lowest BCUT2D eigenvalue weighted by Crippen LogP contribution is -2.08. The van der Waals surface area contributed by atoms with E-state index in [4.69, 9.17) is 23.1 Å². The zero-order chi connectivity index (χ0) is 9.84. The monoisotopic (exact) mass is 195 g/mol. The van der Waals surface area contributed by atoms with Crippen molar-refractivity contribution in [3.05, 3.63) is 29.3 Å². The minimum Gasteiger partial charge on any atom is -0.508 e. The number of thiocarbonyl (C=S) groups is 1. The highest BCUT2D eigenvalue weighted by Crippen LogP contribution is 2.16. The van der Waals surface area contributed by atoms with E-state index in [1.807, 2.05) is 13.0 Å². The van der Waals surface area contributed by atoms with E-state index < -0.39 is 0 Å². The van der Waals surface area contributed by atoms with Gasteiger partial charge < -0.3 is 10.8 Å². The van der Waals surface area contributed by atoms with Gasteiger partial charge in [0.2, 0.25) is 0 Å². The van der Waals surface area contributed by atoms with Crippen LogP contribution in [0.15, 0.2) is 18.2 Å². The molecule has 0 radical (unpaired) electrons. The molecule has 0 spiro atoms. The average molecular weight is 195 g/mol. The van der Waals surface area contributed by atoms with Gasteiger partial charge in [0.25, 0.3) is 0 Å². The summed E-state index contributed by atoms with van der Waals surface area (Å²) in [5, 5.41) is 9.16. The third-order valence-electron chi connectivity index (χ3n) is 1.97. The summed E-state index contributed by atoms with van der Waals surface area (Å²) in [4.78, 5) is 0.535. The van der Waals surface area contributed by atoms with Crippen LogP contribution in [-0.2, 0) is 6.42 Å². The van der Waals surface area contributed by atoms with Crippen molar-refractivity contribution in [2.24, 2.45) is 5.73 Å². The number of rotatable bonds is 3. The van der Waals surface area contributed by atoms with Gasteiger partial charge in [-0.3, -0.25) is 0 Å². The molecule has 0 aliphatic heterocycles. The molecule has 0 amide bonds. The van der Waals surface area contributed by atoms with Crippen LogP contribution in [0, 0.1) is 6.92 Å². The van der Waals surface area contributed by atoms with Crippen molar-refractivity contribution in [3.63, 3.8) is 0 Å². The van der Waals surface area contributed by atoms with E-state index in [-0.39, 0.29) is 0 Å². The number of benzene rings is 1. The van der Waals surface area contributed by atoms with Crippen LogP contribution in [0.4, 0.5) is 0 Å². The van der Waals surface area contributed by atoms with Gasteiger partial charge in [-0.05, 0) is 36.6 Å². The summed E-state index contributed by atoms with van der Waals surface area (Å²) in [6, 6.07) is 5.33. The summed E-state index contributed by atoms with van der Waals surface area (Å²) < 4.78 is 0. The van der Waals surface area contributed by atoms with Crippen molar-refractivity contribution >= 4 is 17.2 Å². The Morgan fingerprint density at radius 1 is 1.54 bits per heavy atom. The van der Waals surface area contributed by atoms with Gasteiger partial charge in [-0.1, -0.05) is 18.3 Å². The van der Waals surface area contributed by atoms with Crippen molar-refractivity contribution in [3.8, 4) is 5.75 Å². The smallest absolute Gasteiger partial charge is 0.115 e. The first-order valence-corrected chi connectivity index (χ1v) is 4.57. The number of nitrogens with two attached hydrogens (primary N) is 1. The number of aryl methyl sites for hydroxylation is 2. The number of phenolic OH excluding ortho intramolecular Hbond substituents is 1. The van der Waals surface area contributed by atoms with E-state index in [2.05, 4.69) is 0 Å². The lowest BCUT2D eigenvalue weighted by Gasteiger charge is -2.04. The molecule has 2 nitrogen and oxygen atoms in total. The van der Waals surface area contributed by atoms with Gasteiger partial charge in [0.05, 0.1) is 4.99 Å². The number of hydrogen-bond donors (Lipinski definition) is 2. The molecule has 0 saturated heterocycles. The van der Waals surface area contributed by atoms with E-state index in [1.165, 1.54) is 5.56 Å². The highest BCUT2D eigenvalue weighted by molar-refractivity contribution is 7.80. The summed E-state index contributed by atoms with van der Waals surface area (Å²) in [5.41, 5.74) is 7.67. The fraction of sp³-hybridized carbons (Fsp3) is 0.300. The third kappa shape index (κ3) is 3.03. The van der Waals surface area contributed by atoms with Crippen LogP contribution in [0.2, 0.25) is 0 Å². The zero-order valence-corrected chi connectivity index (χ0v) is 8.40. The van der Waals surface area contributed by atoms with Gasteiger partial charge >= 0.3 is 0 Å². The lowest BCUT2D eigenvalue weighted by atomic mass is 10.0. The second kappa shape index (κ2) is 4.23. The molecule has 0 aromatic heterocycles. The molecule has 0 fully saturated rings. The summed E-state index contributed by atoms with van der Waals surface area (Å²) in [7, 11) is 0. The maximum Gasteiger partial charge on any atom is 0.115 e. The van der Waals surface area contributed by atoms with E-state index >= 15 is 0 Å². The predicted octanol–water partition coefficient (Wildman–Crippen LogP) is 1.92. The molecule has 1 aromatic carbocycles. The molecule has 1 aromatic rings. The van der Waals surface area contributed by atoms with Gasteiger partial charge in [0.1, 0.15) is 5.75 Å². The molecule has 0 heterocycles. The Kier molecular flexibility index (Phi) is 3.25. The van der Waals surface area contributed by atoms with Crippen LogP contribution in [-0.4, -0.2) is 10.1 Å². The SMILES string of the molecule is Cc1cc(O)ccc1CCC(N)=S. The maximum absolute atomic E-state index is 9.16. The number of hydrogen-bond acceptors (Lipinski definition) is 2. The van der Waals surface area contributed by atoms with Gasteiger partial charge in [-0.15, -0.1) is 0 Å². The van der Waals surface area contributed by atoms with E-state index in [0.29, 0.717) is 10.7 Å². The second-order valence-electron chi connectivity index (χ2n) is 3.08. The standard InChI is InChI=1S/C10H13NOS/c1-7-6-9(12)4-2-8(7)3-5-10(11)13/h2,4,6,12H,3,5H2,1H3,(H2,11,13). The molecule has 3 N–H and O–H groups in total.